The molecule has 1 aromatic carbocycles. The Bertz CT molecular complexity index is 364. The molecule has 1 aromatic rings. The molecule has 15 heavy (non-hydrogen) atoms. The number of benzene rings is 1. The number of rotatable bonds is 4. The topological polar surface area (TPSA) is 38.0 Å². The maximum Gasteiger partial charge on any atom is 0.139 e. The van der Waals surface area contributed by atoms with Crippen LogP contribution in [0.3, 0.4) is 0 Å². The number of halogens is 2. The van der Waals surface area contributed by atoms with Gasteiger partial charge in [0.05, 0.1) is 15.8 Å². The summed E-state index contributed by atoms with van der Waals surface area (Å²) in [5.41, 5.74) is 6.85. The van der Waals surface area contributed by atoms with Gasteiger partial charge in [0.1, 0.15) is 5.82 Å². The molecule has 0 aromatic heterocycles. The lowest BCUT2D eigenvalue weighted by atomic mass is 10.2. The predicted octanol–water partition coefficient (Wildman–Crippen LogP) is 3.55. The molecule has 0 atom stereocenters. The highest BCUT2D eigenvalue weighted by Crippen LogP contribution is 2.26. The number of hydrogen-bond acceptors (Lipinski definition) is 2. The number of hydrogen-bond donors (Lipinski definition) is 2. The fraction of sp³-hybridized carbons (Fsp3) is 0.273. The molecule has 3 N–H and O–H groups in total. The number of nitrogens with two attached hydrogens (primary N) is 1. The first-order valence-electron chi connectivity index (χ1n) is 4.74. The first-order valence-corrected chi connectivity index (χ1v) is 5.54. The van der Waals surface area contributed by atoms with Crippen molar-refractivity contribution in [2.75, 3.05) is 17.6 Å². The summed E-state index contributed by atoms with van der Waals surface area (Å²) in [5.74, 6) is -0.341. The lowest BCUT2D eigenvalue weighted by molar-refractivity contribution is 0.622. The highest BCUT2D eigenvalue weighted by atomic mass is 79.9. The molecule has 0 aliphatic heterocycles. The van der Waals surface area contributed by atoms with Gasteiger partial charge in [-0.1, -0.05) is 12.2 Å². The van der Waals surface area contributed by atoms with Gasteiger partial charge >= 0.3 is 0 Å². The van der Waals surface area contributed by atoms with E-state index in [2.05, 4.69) is 27.3 Å². The first-order chi connectivity index (χ1) is 7.15. The van der Waals surface area contributed by atoms with Crippen LogP contribution in [0.2, 0.25) is 0 Å². The summed E-state index contributed by atoms with van der Waals surface area (Å²) < 4.78 is 13.5. The molecule has 0 aliphatic rings. The van der Waals surface area contributed by atoms with Crippen molar-refractivity contribution < 1.29 is 4.39 Å². The van der Waals surface area contributed by atoms with Crippen molar-refractivity contribution in [1.82, 2.24) is 0 Å². The molecule has 0 unspecified atom stereocenters. The fourth-order valence-electron chi connectivity index (χ4n) is 1.17. The van der Waals surface area contributed by atoms with Crippen molar-refractivity contribution in [2.24, 2.45) is 0 Å². The quantitative estimate of drug-likeness (QED) is 0.500. The Hall–Kier alpha value is -1.03. The van der Waals surface area contributed by atoms with Crippen molar-refractivity contribution in [3.63, 3.8) is 0 Å². The van der Waals surface area contributed by atoms with E-state index in [-0.39, 0.29) is 5.82 Å². The predicted molar refractivity (Wildman–Crippen MR) is 66.4 cm³/mol. The summed E-state index contributed by atoms with van der Waals surface area (Å²) in [4.78, 5) is 0. The second-order valence-electron chi connectivity index (χ2n) is 3.14. The van der Waals surface area contributed by atoms with E-state index in [1.807, 2.05) is 13.0 Å². The summed E-state index contributed by atoms with van der Waals surface area (Å²) in [5, 5.41) is 3.14. The smallest absolute Gasteiger partial charge is 0.139 e. The molecule has 0 fully saturated rings. The van der Waals surface area contributed by atoms with Gasteiger partial charge in [-0.15, -0.1) is 0 Å². The van der Waals surface area contributed by atoms with Crippen molar-refractivity contribution in [2.45, 2.75) is 13.3 Å². The minimum atomic E-state index is -0.341. The largest absolute Gasteiger partial charge is 0.397 e. The molecule has 0 bridgehead atoms. The number of nitrogen functional groups attached to an aromatic ring is 1. The van der Waals surface area contributed by atoms with E-state index in [1.165, 1.54) is 6.07 Å². The van der Waals surface area contributed by atoms with Crippen LogP contribution < -0.4 is 11.1 Å². The van der Waals surface area contributed by atoms with Crippen LogP contribution in [-0.4, -0.2) is 6.54 Å². The Morgan fingerprint density at radius 1 is 1.53 bits per heavy atom. The van der Waals surface area contributed by atoms with Gasteiger partial charge in [0.2, 0.25) is 0 Å². The molecule has 1 rings (SSSR count). The maximum absolute atomic E-state index is 13.0. The highest BCUT2D eigenvalue weighted by molar-refractivity contribution is 9.10. The zero-order chi connectivity index (χ0) is 11.3. The molecule has 0 radical (unpaired) electrons. The molecule has 0 spiro atoms. The van der Waals surface area contributed by atoms with E-state index in [9.17, 15) is 4.39 Å². The zero-order valence-corrected chi connectivity index (χ0v) is 10.1. The Kier molecular flexibility index (Phi) is 4.62. The van der Waals surface area contributed by atoms with E-state index >= 15 is 0 Å². The minimum Gasteiger partial charge on any atom is -0.397 e. The van der Waals surface area contributed by atoms with Crippen molar-refractivity contribution >= 4 is 27.3 Å². The SMILES string of the molecule is C/C=C/CCNc1cc(Br)c(F)cc1N. The summed E-state index contributed by atoms with van der Waals surface area (Å²) in [7, 11) is 0. The lowest BCUT2D eigenvalue weighted by Crippen LogP contribution is -2.04. The molecule has 0 aliphatic carbocycles. The summed E-state index contributed by atoms with van der Waals surface area (Å²) in [6.07, 6.45) is 4.97. The van der Waals surface area contributed by atoms with E-state index in [0.717, 1.165) is 18.7 Å². The van der Waals surface area contributed by atoms with Crippen LogP contribution in [0.1, 0.15) is 13.3 Å². The summed E-state index contributed by atoms with van der Waals surface area (Å²) in [6, 6.07) is 2.96. The average molecular weight is 273 g/mol. The van der Waals surface area contributed by atoms with Crippen LogP contribution in [0.15, 0.2) is 28.8 Å². The molecule has 4 heteroatoms. The van der Waals surface area contributed by atoms with Gasteiger partial charge in [-0.05, 0) is 35.3 Å². The zero-order valence-electron chi connectivity index (χ0n) is 8.56. The van der Waals surface area contributed by atoms with E-state index in [0.29, 0.717) is 10.2 Å². The van der Waals surface area contributed by atoms with Gasteiger partial charge < -0.3 is 11.1 Å². The van der Waals surface area contributed by atoms with Gasteiger partial charge in [-0.25, -0.2) is 4.39 Å². The standard InChI is InChI=1S/C11H14BrFN2/c1-2-3-4-5-15-11-6-8(12)9(13)7-10(11)14/h2-3,6-7,15H,4-5,14H2,1H3/b3-2+. The summed E-state index contributed by atoms with van der Waals surface area (Å²) in [6.45, 7) is 2.76. The Labute approximate surface area is 97.5 Å². The van der Waals surface area contributed by atoms with Gasteiger partial charge in [0, 0.05) is 12.6 Å². The molecular formula is C11H14BrFN2. The van der Waals surface area contributed by atoms with Crippen LogP contribution >= 0.6 is 15.9 Å². The highest BCUT2D eigenvalue weighted by Gasteiger charge is 2.04. The molecule has 0 saturated heterocycles. The summed E-state index contributed by atoms with van der Waals surface area (Å²) >= 11 is 3.12. The minimum absolute atomic E-state index is 0.341. The van der Waals surface area contributed by atoms with Crippen LogP contribution in [0.5, 0.6) is 0 Å². The van der Waals surface area contributed by atoms with Gasteiger partial charge in [0.15, 0.2) is 0 Å². The van der Waals surface area contributed by atoms with Crippen molar-refractivity contribution in [3.8, 4) is 0 Å². The second kappa shape index (κ2) is 5.75. The number of allylic oxidation sites excluding steroid dienone is 1. The van der Waals surface area contributed by atoms with E-state index < -0.39 is 0 Å². The third-order valence-electron chi connectivity index (χ3n) is 1.95. The number of nitrogens with one attached hydrogen (secondary N) is 1. The van der Waals surface area contributed by atoms with Gasteiger partial charge in [-0.3, -0.25) is 0 Å². The molecular weight excluding hydrogens is 259 g/mol. The fourth-order valence-corrected chi connectivity index (χ4v) is 1.52. The second-order valence-corrected chi connectivity index (χ2v) is 3.99. The molecule has 0 amide bonds. The van der Waals surface area contributed by atoms with Crippen molar-refractivity contribution in [3.05, 3.63) is 34.6 Å². The lowest BCUT2D eigenvalue weighted by Gasteiger charge is -2.09. The normalized spacial score (nSPS) is 10.9. The Morgan fingerprint density at radius 2 is 2.27 bits per heavy atom. The first kappa shape index (κ1) is 12.0. The van der Waals surface area contributed by atoms with Gasteiger partial charge in [0.25, 0.3) is 0 Å². The van der Waals surface area contributed by atoms with Crippen LogP contribution in [0, 0.1) is 5.82 Å². The van der Waals surface area contributed by atoms with Crippen LogP contribution in [-0.2, 0) is 0 Å². The molecule has 0 heterocycles. The Morgan fingerprint density at radius 3 is 2.93 bits per heavy atom. The van der Waals surface area contributed by atoms with Crippen molar-refractivity contribution in [1.29, 1.82) is 0 Å². The molecule has 0 saturated carbocycles. The number of anilines is 2. The van der Waals surface area contributed by atoms with E-state index in [4.69, 9.17) is 5.73 Å². The Balaban J connectivity index is 2.65. The average Bonchev–Trinajstić information content (AvgIpc) is 2.20. The monoisotopic (exact) mass is 272 g/mol. The third-order valence-corrected chi connectivity index (χ3v) is 2.56. The van der Waals surface area contributed by atoms with Gasteiger partial charge in [-0.2, -0.15) is 0 Å². The van der Waals surface area contributed by atoms with E-state index in [1.54, 1.807) is 6.07 Å². The molecule has 82 valence electrons. The molecule has 2 nitrogen and oxygen atoms in total. The maximum atomic E-state index is 13.0. The van der Waals surface area contributed by atoms with Crippen LogP contribution in [0.25, 0.3) is 0 Å². The third kappa shape index (κ3) is 3.55. The van der Waals surface area contributed by atoms with Crippen LogP contribution in [0.4, 0.5) is 15.8 Å².